The summed E-state index contributed by atoms with van der Waals surface area (Å²) in [5, 5.41) is 4.40. The van der Waals surface area contributed by atoms with Crippen LogP contribution in [0.1, 0.15) is 50.5 Å². The monoisotopic (exact) mass is 246 g/mol. The first-order valence-corrected chi connectivity index (χ1v) is 7.26. The van der Waals surface area contributed by atoms with E-state index in [4.69, 9.17) is 4.74 Å². The van der Waals surface area contributed by atoms with E-state index in [1.807, 2.05) is 0 Å². The van der Waals surface area contributed by atoms with Crippen molar-refractivity contribution in [1.82, 2.24) is 5.32 Å². The molecule has 0 atom stereocenters. The van der Waals surface area contributed by atoms with Crippen LogP contribution in [-0.4, -0.2) is 19.7 Å². The van der Waals surface area contributed by atoms with Crippen molar-refractivity contribution in [2.24, 2.45) is 0 Å². The van der Waals surface area contributed by atoms with Gasteiger partial charge in [0.15, 0.2) is 0 Å². The molecule has 0 N–H and O–H groups in total. The van der Waals surface area contributed by atoms with Crippen LogP contribution in [0.4, 0.5) is 0 Å². The third-order valence-electron chi connectivity index (χ3n) is 3.64. The van der Waals surface area contributed by atoms with Gasteiger partial charge in [0.05, 0.1) is 6.61 Å². The molecule has 1 aromatic carbocycles. The van der Waals surface area contributed by atoms with Gasteiger partial charge in [0.25, 0.3) is 0 Å². The summed E-state index contributed by atoms with van der Waals surface area (Å²) in [6, 6.07) is 8.69. The molecule has 1 saturated heterocycles. The fourth-order valence-electron chi connectivity index (χ4n) is 2.46. The van der Waals surface area contributed by atoms with Crippen LogP contribution in [-0.2, 0) is 0 Å². The Hall–Kier alpha value is -1.02. The Kier molecular flexibility index (Phi) is 5.53. The first-order valence-electron chi connectivity index (χ1n) is 7.26. The highest BCUT2D eigenvalue weighted by molar-refractivity contribution is 5.29. The lowest BCUT2D eigenvalue weighted by Gasteiger charge is -2.22. The number of nitrogens with zero attached hydrogens (tertiary/aromatic N) is 1. The maximum atomic E-state index is 5.73. The summed E-state index contributed by atoms with van der Waals surface area (Å²) in [5.74, 6) is 1.71. The predicted octanol–water partition coefficient (Wildman–Crippen LogP) is 3.74. The molecular weight excluding hydrogens is 222 g/mol. The molecule has 0 aliphatic carbocycles. The second-order valence-corrected chi connectivity index (χ2v) is 5.07. The highest BCUT2D eigenvalue weighted by Gasteiger charge is 2.15. The summed E-state index contributed by atoms with van der Waals surface area (Å²) in [6.45, 7) is 5.11. The quantitative estimate of drug-likeness (QED) is 0.701. The minimum atomic E-state index is 0.705. The van der Waals surface area contributed by atoms with Crippen molar-refractivity contribution in [3.05, 3.63) is 29.8 Å². The molecule has 0 bridgehead atoms. The van der Waals surface area contributed by atoms with Crippen LogP contribution in [0.5, 0.6) is 5.75 Å². The zero-order chi connectivity index (χ0) is 12.6. The van der Waals surface area contributed by atoms with Gasteiger partial charge >= 0.3 is 0 Å². The Labute approximate surface area is 111 Å². The van der Waals surface area contributed by atoms with Gasteiger partial charge in [-0.05, 0) is 42.9 Å². The van der Waals surface area contributed by atoms with E-state index in [-0.39, 0.29) is 0 Å². The van der Waals surface area contributed by atoms with Crippen LogP contribution in [0.2, 0.25) is 0 Å². The van der Waals surface area contributed by atoms with E-state index in [0.29, 0.717) is 5.92 Å². The molecule has 0 saturated carbocycles. The zero-order valence-corrected chi connectivity index (χ0v) is 11.4. The molecule has 1 aliphatic heterocycles. The molecule has 18 heavy (non-hydrogen) atoms. The second kappa shape index (κ2) is 7.42. The first-order chi connectivity index (χ1) is 8.90. The van der Waals surface area contributed by atoms with Crippen molar-refractivity contribution >= 4 is 0 Å². The molecule has 0 unspecified atom stereocenters. The minimum absolute atomic E-state index is 0.705. The second-order valence-electron chi connectivity index (χ2n) is 5.07. The average Bonchev–Trinajstić information content (AvgIpc) is 2.45. The zero-order valence-electron chi connectivity index (χ0n) is 11.4. The van der Waals surface area contributed by atoms with Gasteiger partial charge in [0.2, 0.25) is 0 Å². The maximum absolute atomic E-state index is 5.73. The van der Waals surface area contributed by atoms with Crippen LogP contribution >= 0.6 is 0 Å². The fraction of sp³-hybridized carbons (Fsp3) is 0.625. The van der Waals surface area contributed by atoms with E-state index in [2.05, 4.69) is 36.5 Å². The number of hydrogen-bond donors (Lipinski definition) is 0. The normalized spacial score (nSPS) is 16.7. The number of hydrogen-bond acceptors (Lipinski definition) is 1. The number of rotatable bonds is 6. The molecule has 0 aromatic heterocycles. The van der Waals surface area contributed by atoms with Crippen LogP contribution < -0.4 is 10.1 Å². The van der Waals surface area contributed by atoms with E-state index in [9.17, 15) is 0 Å². The Morgan fingerprint density at radius 1 is 1.11 bits per heavy atom. The third-order valence-corrected chi connectivity index (χ3v) is 3.64. The van der Waals surface area contributed by atoms with Crippen molar-refractivity contribution in [1.29, 1.82) is 0 Å². The molecule has 2 nitrogen and oxygen atoms in total. The third kappa shape index (κ3) is 4.02. The van der Waals surface area contributed by atoms with Crippen LogP contribution in [0.15, 0.2) is 24.3 Å². The molecule has 2 heteroatoms. The highest BCUT2D eigenvalue weighted by atomic mass is 16.5. The largest absolute Gasteiger partial charge is 0.494 e. The van der Waals surface area contributed by atoms with Gasteiger partial charge < -0.3 is 4.74 Å². The Bertz CT molecular complexity index is 327. The standard InChI is InChI=1S/C16H24NO/c1-2-3-4-13-18-16-7-5-14(6-8-16)15-9-11-17-12-10-15/h5-8,15H,2-4,9-13H2,1H3. The van der Waals surface area contributed by atoms with E-state index >= 15 is 0 Å². The summed E-state index contributed by atoms with van der Waals surface area (Å²) in [7, 11) is 0. The van der Waals surface area contributed by atoms with Crippen molar-refractivity contribution in [3.63, 3.8) is 0 Å². The SMILES string of the molecule is CCCCCOc1ccc(C2CC[N]CC2)cc1. The van der Waals surface area contributed by atoms with Gasteiger partial charge in [-0.15, -0.1) is 0 Å². The minimum Gasteiger partial charge on any atom is -0.494 e. The van der Waals surface area contributed by atoms with Crippen LogP contribution in [0.3, 0.4) is 0 Å². The van der Waals surface area contributed by atoms with Crippen molar-refractivity contribution in [2.45, 2.75) is 44.9 Å². The van der Waals surface area contributed by atoms with Gasteiger partial charge in [-0.3, -0.25) is 0 Å². The predicted molar refractivity (Wildman–Crippen MR) is 75.3 cm³/mol. The first kappa shape index (κ1) is 13.4. The van der Waals surface area contributed by atoms with Crippen molar-refractivity contribution in [2.75, 3.05) is 19.7 Å². The summed E-state index contributed by atoms with van der Waals surface area (Å²) >= 11 is 0. The summed E-state index contributed by atoms with van der Waals surface area (Å²) < 4.78 is 5.73. The smallest absolute Gasteiger partial charge is 0.119 e. The lowest BCUT2D eigenvalue weighted by molar-refractivity contribution is 0.306. The van der Waals surface area contributed by atoms with Crippen LogP contribution in [0, 0.1) is 0 Å². The number of piperidine rings is 1. The lowest BCUT2D eigenvalue weighted by atomic mass is 9.90. The fourth-order valence-corrected chi connectivity index (χ4v) is 2.46. The molecule has 1 radical (unpaired) electrons. The summed E-state index contributed by atoms with van der Waals surface area (Å²) in [4.78, 5) is 0. The Morgan fingerprint density at radius 2 is 1.83 bits per heavy atom. The molecule has 2 rings (SSSR count). The Morgan fingerprint density at radius 3 is 2.50 bits per heavy atom. The lowest BCUT2D eigenvalue weighted by Crippen LogP contribution is -2.20. The van der Waals surface area contributed by atoms with E-state index in [0.717, 1.165) is 31.9 Å². The van der Waals surface area contributed by atoms with Gasteiger partial charge in [-0.25, -0.2) is 5.32 Å². The molecule has 1 aromatic rings. The summed E-state index contributed by atoms with van der Waals surface area (Å²) in [6.07, 6.45) is 6.06. The Balaban J connectivity index is 1.81. The van der Waals surface area contributed by atoms with Crippen molar-refractivity contribution < 1.29 is 4.74 Å². The topological polar surface area (TPSA) is 23.3 Å². The summed E-state index contributed by atoms with van der Waals surface area (Å²) in [5.41, 5.74) is 1.45. The van der Waals surface area contributed by atoms with E-state index in [1.54, 1.807) is 0 Å². The maximum Gasteiger partial charge on any atom is 0.119 e. The van der Waals surface area contributed by atoms with Gasteiger partial charge in [0, 0.05) is 13.1 Å². The van der Waals surface area contributed by atoms with Gasteiger partial charge in [-0.2, -0.15) is 0 Å². The number of benzene rings is 1. The van der Waals surface area contributed by atoms with Gasteiger partial charge in [-0.1, -0.05) is 31.9 Å². The number of unbranched alkanes of at least 4 members (excludes halogenated alkanes) is 2. The average molecular weight is 246 g/mol. The number of ether oxygens (including phenoxy) is 1. The van der Waals surface area contributed by atoms with E-state index < -0.39 is 0 Å². The van der Waals surface area contributed by atoms with Crippen molar-refractivity contribution in [3.8, 4) is 5.75 Å². The molecule has 1 aliphatic rings. The van der Waals surface area contributed by atoms with E-state index in [1.165, 1.54) is 31.2 Å². The highest BCUT2D eigenvalue weighted by Crippen LogP contribution is 2.27. The molecular formula is C16H24NO. The molecule has 0 amide bonds. The van der Waals surface area contributed by atoms with Crippen LogP contribution in [0.25, 0.3) is 0 Å². The molecule has 1 fully saturated rings. The molecule has 0 spiro atoms. The molecule has 1 heterocycles. The molecule has 99 valence electrons. The van der Waals surface area contributed by atoms with Gasteiger partial charge in [0.1, 0.15) is 5.75 Å².